The minimum Gasteiger partial charge on any atom is -0.319 e. The first-order valence-electron chi connectivity index (χ1n) is 10.6. The molecule has 3 aromatic rings. The molecule has 1 aromatic heterocycles. The van der Waals surface area contributed by atoms with Gasteiger partial charge in [-0.2, -0.15) is 9.30 Å². The van der Waals surface area contributed by atoms with Crippen molar-refractivity contribution >= 4 is 43.2 Å². The number of rotatable bonds is 5. The molecule has 1 aliphatic carbocycles. The Bertz CT molecular complexity index is 1380. The summed E-state index contributed by atoms with van der Waals surface area (Å²) in [7, 11) is -0.295. The van der Waals surface area contributed by atoms with E-state index in [-0.39, 0.29) is 22.2 Å². The number of non-ortho nitro benzene ring substituents is 1. The number of sulfonamides is 1. The van der Waals surface area contributed by atoms with Crippen LogP contribution in [0.15, 0.2) is 52.4 Å². The van der Waals surface area contributed by atoms with E-state index in [0.717, 1.165) is 37.6 Å². The van der Waals surface area contributed by atoms with Crippen molar-refractivity contribution in [3.05, 3.63) is 62.9 Å². The number of carbonyl (C=O) groups excluding carboxylic acids is 1. The Balaban J connectivity index is 1.59. The largest absolute Gasteiger partial charge is 0.319 e. The van der Waals surface area contributed by atoms with Crippen LogP contribution in [-0.4, -0.2) is 41.2 Å². The number of hydrogen-bond donors (Lipinski definition) is 0. The normalized spacial score (nSPS) is 15.9. The summed E-state index contributed by atoms with van der Waals surface area (Å²) in [6.07, 6.45) is 4.92. The summed E-state index contributed by atoms with van der Waals surface area (Å²) in [6.45, 7) is 0. The van der Waals surface area contributed by atoms with Crippen LogP contribution in [0.4, 0.5) is 5.69 Å². The zero-order valence-corrected chi connectivity index (χ0v) is 19.9. The molecular weight excluding hydrogens is 464 g/mol. The summed E-state index contributed by atoms with van der Waals surface area (Å²) < 4.78 is 29.8. The summed E-state index contributed by atoms with van der Waals surface area (Å²) >= 11 is 1.17. The lowest BCUT2D eigenvalue weighted by Crippen LogP contribution is -2.38. The molecule has 0 bridgehead atoms. The Morgan fingerprint density at radius 3 is 2.45 bits per heavy atom. The number of aryl methyl sites for hydroxylation is 1. The lowest BCUT2D eigenvalue weighted by Gasteiger charge is -2.30. The van der Waals surface area contributed by atoms with E-state index in [4.69, 9.17) is 0 Å². The molecule has 0 saturated heterocycles. The Labute approximate surface area is 195 Å². The predicted octanol–water partition coefficient (Wildman–Crippen LogP) is 3.84. The van der Waals surface area contributed by atoms with Gasteiger partial charge in [0.1, 0.15) is 0 Å². The molecule has 9 nitrogen and oxygen atoms in total. The molecule has 1 amide bonds. The number of hydrogen-bond acceptors (Lipinski definition) is 6. The third kappa shape index (κ3) is 4.61. The molecule has 1 saturated carbocycles. The topological polar surface area (TPSA) is 115 Å². The number of aromatic nitrogens is 1. The van der Waals surface area contributed by atoms with Crippen LogP contribution < -0.4 is 4.80 Å². The smallest absolute Gasteiger partial charge is 0.279 e. The number of benzene rings is 2. The number of thiazole rings is 1. The zero-order chi connectivity index (χ0) is 23.8. The van der Waals surface area contributed by atoms with E-state index in [1.165, 1.54) is 52.0 Å². The van der Waals surface area contributed by atoms with Crippen molar-refractivity contribution < 1.29 is 18.1 Å². The van der Waals surface area contributed by atoms with Crippen LogP contribution >= 0.6 is 11.3 Å². The molecule has 0 N–H and O–H groups in total. The quantitative estimate of drug-likeness (QED) is 0.400. The van der Waals surface area contributed by atoms with E-state index in [9.17, 15) is 23.3 Å². The van der Waals surface area contributed by atoms with E-state index in [2.05, 4.69) is 4.99 Å². The van der Waals surface area contributed by atoms with Crippen LogP contribution in [-0.2, 0) is 17.1 Å². The van der Waals surface area contributed by atoms with Gasteiger partial charge in [-0.3, -0.25) is 14.9 Å². The Hall–Kier alpha value is -2.89. The molecule has 2 aromatic carbocycles. The predicted molar refractivity (Wildman–Crippen MR) is 126 cm³/mol. The fraction of sp³-hybridized carbons (Fsp3) is 0.364. The first-order chi connectivity index (χ1) is 15.7. The van der Waals surface area contributed by atoms with E-state index in [0.29, 0.717) is 9.50 Å². The van der Waals surface area contributed by atoms with E-state index < -0.39 is 20.9 Å². The fourth-order valence-corrected chi connectivity index (χ4v) is 6.54. The van der Waals surface area contributed by atoms with Crippen LogP contribution in [0.25, 0.3) is 10.2 Å². The van der Waals surface area contributed by atoms with Crippen LogP contribution in [0.2, 0.25) is 0 Å². The number of nitro groups is 1. The molecule has 0 aliphatic heterocycles. The summed E-state index contributed by atoms with van der Waals surface area (Å²) in [5, 5.41) is 11.0. The average Bonchev–Trinajstić information content (AvgIpc) is 3.13. The first-order valence-corrected chi connectivity index (χ1v) is 12.9. The van der Waals surface area contributed by atoms with Crippen molar-refractivity contribution in [2.45, 2.75) is 43.0 Å². The third-order valence-electron chi connectivity index (χ3n) is 6.07. The third-order valence-corrected chi connectivity index (χ3v) is 9.09. The van der Waals surface area contributed by atoms with Crippen LogP contribution in [0, 0.1) is 10.1 Å². The van der Waals surface area contributed by atoms with Crippen molar-refractivity contribution in [1.82, 2.24) is 8.87 Å². The zero-order valence-electron chi connectivity index (χ0n) is 18.3. The van der Waals surface area contributed by atoms with E-state index in [1.54, 1.807) is 24.7 Å². The van der Waals surface area contributed by atoms with Crippen LogP contribution in [0.5, 0.6) is 0 Å². The molecule has 1 fully saturated rings. The maximum Gasteiger partial charge on any atom is 0.279 e. The second kappa shape index (κ2) is 9.16. The van der Waals surface area contributed by atoms with Crippen LogP contribution in [0.1, 0.15) is 42.5 Å². The molecule has 4 rings (SSSR count). The van der Waals surface area contributed by atoms with Gasteiger partial charge in [0.2, 0.25) is 10.0 Å². The summed E-state index contributed by atoms with van der Waals surface area (Å²) in [6, 6.07) is 10.3. The fourth-order valence-electron chi connectivity index (χ4n) is 4.07. The lowest BCUT2D eigenvalue weighted by atomic mass is 9.96. The van der Waals surface area contributed by atoms with Gasteiger partial charge in [-0.25, -0.2) is 8.42 Å². The number of amides is 1. The molecule has 33 heavy (non-hydrogen) atoms. The number of nitro benzene ring substituents is 1. The standard InChI is InChI=1S/C22H24N4O5S2/c1-24-19-13-10-17(26(28)29)14-20(19)32-22(24)23-21(27)15-8-11-18(12-9-15)33(30,31)25(2)16-6-4-3-5-7-16/h8-14,16H,3-7H2,1-2H3. The molecule has 1 heterocycles. The molecule has 0 radical (unpaired) electrons. The molecule has 0 unspecified atom stereocenters. The summed E-state index contributed by atoms with van der Waals surface area (Å²) in [4.78, 5) is 28.0. The SMILES string of the molecule is CN(C1CCCCC1)S(=O)(=O)c1ccc(C(=O)N=c2sc3cc([N+](=O)[O-])ccc3n2C)cc1. The number of carbonyl (C=O) groups is 1. The van der Waals surface area contributed by atoms with Gasteiger partial charge in [0.05, 0.1) is 20.0 Å². The summed E-state index contributed by atoms with van der Waals surface area (Å²) in [5.74, 6) is -0.517. The molecule has 1 aliphatic rings. The minimum absolute atomic E-state index is 0.00356. The van der Waals surface area contributed by atoms with Gasteiger partial charge in [0.25, 0.3) is 11.6 Å². The second-order valence-electron chi connectivity index (χ2n) is 8.11. The van der Waals surface area contributed by atoms with Crippen LogP contribution in [0.3, 0.4) is 0 Å². The van der Waals surface area contributed by atoms with Crippen molar-refractivity contribution in [2.24, 2.45) is 12.0 Å². The Morgan fingerprint density at radius 2 is 1.82 bits per heavy atom. The highest BCUT2D eigenvalue weighted by molar-refractivity contribution is 7.89. The first kappa shape index (κ1) is 23.3. The van der Waals surface area contributed by atoms with Crippen molar-refractivity contribution in [3.63, 3.8) is 0 Å². The van der Waals surface area contributed by atoms with Crippen molar-refractivity contribution in [3.8, 4) is 0 Å². The average molecular weight is 489 g/mol. The highest BCUT2D eigenvalue weighted by Crippen LogP contribution is 2.27. The van der Waals surface area contributed by atoms with Gasteiger partial charge in [-0.05, 0) is 43.2 Å². The molecule has 11 heteroatoms. The molecule has 0 atom stereocenters. The molecule has 0 spiro atoms. The van der Waals surface area contributed by atoms with Gasteiger partial charge in [0, 0.05) is 37.8 Å². The molecular formula is C22H24N4O5S2. The highest BCUT2D eigenvalue weighted by Gasteiger charge is 2.29. The number of nitrogens with zero attached hydrogens (tertiary/aromatic N) is 4. The van der Waals surface area contributed by atoms with Crippen molar-refractivity contribution in [2.75, 3.05) is 7.05 Å². The van der Waals surface area contributed by atoms with Gasteiger partial charge in [0.15, 0.2) is 4.80 Å². The van der Waals surface area contributed by atoms with E-state index >= 15 is 0 Å². The second-order valence-corrected chi connectivity index (χ2v) is 11.1. The molecule has 174 valence electrons. The van der Waals surface area contributed by atoms with Gasteiger partial charge in [-0.15, -0.1) is 0 Å². The minimum atomic E-state index is -3.64. The number of fused-ring (bicyclic) bond motifs is 1. The Morgan fingerprint density at radius 1 is 1.15 bits per heavy atom. The monoisotopic (exact) mass is 488 g/mol. The lowest BCUT2D eigenvalue weighted by molar-refractivity contribution is -0.384. The maximum atomic E-state index is 13.0. The van der Waals surface area contributed by atoms with Gasteiger partial charge in [-0.1, -0.05) is 30.6 Å². The van der Waals surface area contributed by atoms with Crippen molar-refractivity contribution in [1.29, 1.82) is 0 Å². The van der Waals surface area contributed by atoms with E-state index in [1.807, 2.05) is 0 Å². The van der Waals surface area contributed by atoms with Gasteiger partial charge < -0.3 is 4.57 Å². The summed E-state index contributed by atoms with van der Waals surface area (Å²) in [5.41, 5.74) is 0.958. The maximum absolute atomic E-state index is 13.0. The Kier molecular flexibility index (Phi) is 6.46. The highest BCUT2D eigenvalue weighted by atomic mass is 32.2. The van der Waals surface area contributed by atoms with Gasteiger partial charge >= 0.3 is 0 Å².